The molecule has 1 aromatic carbocycles. The first-order valence-corrected chi connectivity index (χ1v) is 4.47. The highest BCUT2D eigenvalue weighted by molar-refractivity contribution is 9.10. The average molecular weight is 255 g/mol. The number of carbonyl (C=O) groups excluding carboxylic acids is 1. The number of hydrogen-bond acceptors (Lipinski definition) is 4. The zero-order valence-electron chi connectivity index (χ0n) is 7.37. The summed E-state index contributed by atoms with van der Waals surface area (Å²) in [5.74, 6) is -0.574. The normalized spacial score (nSPS) is 9.21. The van der Waals surface area contributed by atoms with Crippen LogP contribution in [0.1, 0.15) is 15.9 Å². The van der Waals surface area contributed by atoms with Gasteiger partial charge in [0.25, 0.3) is 0 Å². The average Bonchev–Trinajstić information content (AvgIpc) is 2.15. The minimum Gasteiger partial charge on any atom is -0.465 e. The maximum Gasteiger partial charge on any atom is 0.339 e. The van der Waals surface area contributed by atoms with Crippen molar-refractivity contribution in [2.45, 2.75) is 0 Å². The van der Waals surface area contributed by atoms with Crippen LogP contribution in [0.5, 0.6) is 0 Å². The van der Waals surface area contributed by atoms with Crippen LogP contribution in [-0.4, -0.2) is 13.1 Å². The summed E-state index contributed by atoms with van der Waals surface area (Å²) in [6.45, 7) is 0. The second-order valence-electron chi connectivity index (χ2n) is 2.53. The lowest BCUT2D eigenvalue weighted by atomic mass is 10.1. The van der Waals surface area contributed by atoms with Gasteiger partial charge in [-0.05, 0) is 28.1 Å². The number of nitriles is 1. The van der Waals surface area contributed by atoms with Crippen LogP contribution in [0.15, 0.2) is 16.6 Å². The number of nitrogens with zero attached hydrogens (tertiary/aromatic N) is 1. The Balaban J connectivity index is 3.41. The standard InChI is InChI=1S/C9H7BrN2O2/c1-14-9(13)6-2-5(12)3-8(10)7(6)4-11/h2-3H,12H2,1H3. The van der Waals surface area contributed by atoms with E-state index in [0.717, 1.165) is 0 Å². The van der Waals surface area contributed by atoms with Crippen molar-refractivity contribution in [2.24, 2.45) is 0 Å². The Morgan fingerprint density at radius 3 is 2.79 bits per heavy atom. The van der Waals surface area contributed by atoms with E-state index in [1.807, 2.05) is 6.07 Å². The molecular weight excluding hydrogens is 248 g/mol. The molecule has 0 saturated heterocycles. The highest BCUT2D eigenvalue weighted by Gasteiger charge is 2.15. The van der Waals surface area contributed by atoms with Crippen LogP contribution in [0, 0.1) is 11.3 Å². The zero-order valence-corrected chi connectivity index (χ0v) is 8.96. The van der Waals surface area contributed by atoms with Crippen LogP contribution in [0.4, 0.5) is 5.69 Å². The number of methoxy groups -OCH3 is 1. The van der Waals surface area contributed by atoms with Crippen molar-refractivity contribution in [3.8, 4) is 6.07 Å². The first kappa shape index (κ1) is 10.5. The Morgan fingerprint density at radius 1 is 1.64 bits per heavy atom. The Labute approximate surface area is 89.4 Å². The van der Waals surface area contributed by atoms with Gasteiger partial charge in [-0.3, -0.25) is 0 Å². The molecule has 1 rings (SSSR count). The number of halogens is 1. The summed E-state index contributed by atoms with van der Waals surface area (Å²) < 4.78 is 5.01. The third kappa shape index (κ3) is 1.86. The molecule has 0 fully saturated rings. The molecule has 0 bridgehead atoms. The number of ether oxygens (including phenoxy) is 1. The molecule has 0 atom stereocenters. The van der Waals surface area contributed by atoms with E-state index >= 15 is 0 Å². The van der Waals surface area contributed by atoms with E-state index in [1.165, 1.54) is 13.2 Å². The summed E-state index contributed by atoms with van der Waals surface area (Å²) in [6.07, 6.45) is 0. The van der Waals surface area contributed by atoms with Crippen molar-refractivity contribution < 1.29 is 9.53 Å². The number of esters is 1. The van der Waals surface area contributed by atoms with Crippen LogP contribution in [0.2, 0.25) is 0 Å². The Kier molecular flexibility index (Phi) is 3.10. The SMILES string of the molecule is COC(=O)c1cc(N)cc(Br)c1C#N. The van der Waals surface area contributed by atoms with Gasteiger partial charge >= 0.3 is 5.97 Å². The molecule has 2 N–H and O–H groups in total. The first-order valence-electron chi connectivity index (χ1n) is 3.67. The largest absolute Gasteiger partial charge is 0.465 e. The van der Waals surface area contributed by atoms with Crippen LogP contribution >= 0.6 is 15.9 Å². The van der Waals surface area contributed by atoms with Gasteiger partial charge in [-0.2, -0.15) is 5.26 Å². The monoisotopic (exact) mass is 254 g/mol. The van der Waals surface area contributed by atoms with E-state index in [2.05, 4.69) is 20.7 Å². The minimum atomic E-state index is -0.574. The summed E-state index contributed by atoms with van der Waals surface area (Å²) in [4.78, 5) is 11.2. The Hall–Kier alpha value is -1.54. The van der Waals surface area contributed by atoms with Gasteiger partial charge in [-0.15, -0.1) is 0 Å². The predicted molar refractivity (Wildman–Crippen MR) is 54.6 cm³/mol. The Morgan fingerprint density at radius 2 is 2.29 bits per heavy atom. The van der Waals surface area contributed by atoms with E-state index in [0.29, 0.717) is 10.2 Å². The van der Waals surface area contributed by atoms with Crippen LogP contribution in [0.3, 0.4) is 0 Å². The molecule has 5 heteroatoms. The molecule has 0 saturated carbocycles. The third-order valence-corrected chi connectivity index (χ3v) is 2.26. The van der Waals surface area contributed by atoms with Gasteiger partial charge in [0.2, 0.25) is 0 Å². The zero-order chi connectivity index (χ0) is 10.7. The lowest BCUT2D eigenvalue weighted by Crippen LogP contribution is -2.05. The number of benzene rings is 1. The van der Waals surface area contributed by atoms with Crippen molar-refractivity contribution in [1.82, 2.24) is 0 Å². The molecule has 0 spiro atoms. The number of rotatable bonds is 1. The second-order valence-corrected chi connectivity index (χ2v) is 3.38. The molecule has 14 heavy (non-hydrogen) atoms. The van der Waals surface area contributed by atoms with Crippen molar-refractivity contribution in [1.29, 1.82) is 5.26 Å². The summed E-state index contributed by atoms with van der Waals surface area (Å²) >= 11 is 3.15. The second kappa shape index (κ2) is 4.11. The molecule has 0 aromatic heterocycles. The van der Waals surface area contributed by atoms with Crippen LogP contribution in [0.25, 0.3) is 0 Å². The molecule has 0 aliphatic carbocycles. The number of nitrogens with two attached hydrogens (primary N) is 1. The van der Waals surface area contributed by atoms with Gasteiger partial charge in [-0.1, -0.05) is 0 Å². The molecule has 0 aliphatic heterocycles. The molecule has 0 heterocycles. The van der Waals surface area contributed by atoms with Gasteiger partial charge in [0.15, 0.2) is 0 Å². The van der Waals surface area contributed by atoms with Crippen molar-refractivity contribution in [3.63, 3.8) is 0 Å². The molecule has 1 aromatic rings. The van der Waals surface area contributed by atoms with Gasteiger partial charge in [0.1, 0.15) is 6.07 Å². The predicted octanol–water partition coefficient (Wildman–Crippen LogP) is 1.69. The lowest BCUT2D eigenvalue weighted by Gasteiger charge is -2.04. The molecule has 0 radical (unpaired) electrons. The molecule has 72 valence electrons. The number of nitrogen functional groups attached to an aromatic ring is 1. The fourth-order valence-electron chi connectivity index (χ4n) is 1.01. The molecule has 0 amide bonds. The van der Waals surface area contributed by atoms with Crippen molar-refractivity contribution in [2.75, 3.05) is 12.8 Å². The quantitative estimate of drug-likeness (QED) is 0.611. The summed E-state index contributed by atoms with van der Waals surface area (Å²) in [5.41, 5.74) is 6.32. The van der Waals surface area contributed by atoms with Gasteiger partial charge in [-0.25, -0.2) is 4.79 Å². The van der Waals surface area contributed by atoms with Crippen molar-refractivity contribution >= 4 is 27.6 Å². The smallest absolute Gasteiger partial charge is 0.339 e. The fourth-order valence-corrected chi connectivity index (χ4v) is 1.58. The van der Waals surface area contributed by atoms with Gasteiger partial charge in [0, 0.05) is 10.2 Å². The minimum absolute atomic E-state index is 0.168. The van der Waals surface area contributed by atoms with Crippen LogP contribution in [-0.2, 0) is 4.74 Å². The molecule has 4 nitrogen and oxygen atoms in total. The maximum absolute atomic E-state index is 11.2. The number of anilines is 1. The molecule has 0 unspecified atom stereocenters. The van der Waals surface area contributed by atoms with Gasteiger partial charge < -0.3 is 10.5 Å². The fraction of sp³-hybridized carbons (Fsp3) is 0.111. The van der Waals surface area contributed by atoms with E-state index in [1.54, 1.807) is 6.07 Å². The van der Waals surface area contributed by atoms with E-state index in [4.69, 9.17) is 11.0 Å². The highest BCUT2D eigenvalue weighted by atomic mass is 79.9. The molecular formula is C9H7BrN2O2. The first-order chi connectivity index (χ1) is 6.60. The Bertz CT molecular complexity index is 424. The number of carbonyl (C=O) groups is 1. The van der Waals surface area contributed by atoms with E-state index in [9.17, 15) is 4.79 Å². The summed E-state index contributed by atoms with van der Waals surface area (Å²) in [6, 6.07) is 4.88. The van der Waals surface area contributed by atoms with Gasteiger partial charge in [0.05, 0.1) is 18.2 Å². The highest BCUT2D eigenvalue weighted by Crippen LogP contribution is 2.24. The number of hydrogen-bond donors (Lipinski definition) is 1. The third-order valence-electron chi connectivity index (χ3n) is 1.63. The lowest BCUT2D eigenvalue weighted by molar-refractivity contribution is 0.0600. The maximum atomic E-state index is 11.2. The van der Waals surface area contributed by atoms with Crippen molar-refractivity contribution in [3.05, 3.63) is 27.7 Å². The van der Waals surface area contributed by atoms with Crippen LogP contribution < -0.4 is 5.73 Å². The van der Waals surface area contributed by atoms with E-state index in [-0.39, 0.29) is 11.1 Å². The van der Waals surface area contributed by atoms with E-state index < -0.39 is 5.97 Å². The summed E-state index contributed by atoms with van der Waals surface area (Å²) in [5, 5.41) is 8.81. The summed E-state index contributed by atoms with van der Waals surface area (Å²) in [7, 11) is 1.25. The topological polar surface area (TPSA) is 76.1 Å². The molecule has 0 aliphatic rings.